The highest BCUT2D eigenvalue weighted by molar-refractivity contribution is 5.87. The fourth-order valence-electron chi connectivity index (χ4n) is 2.77. The zero-order valence-corrected chi connectivity index (χ0v) is 13.5. The smallest absolute Gasteiger partial charge is 0.243 e. The lowest BCUT2D eigenvalue weighted by Gasteiger charge is -2.32. The summed E-state index contributed by atoms with van der Waals surface area (Å²) in [5.74, 6) is 1.58. The molecule has 3 nitrogen and oxygen atoms in total. The summed E-state index contributed by atoms with van der Waals surface area (Å²) in [4.78, 5) is 13.6. The summed E-state index contributed by atoms with van der Waals surface area (Å²) in [5, 5.41) is 2.59. The van der Waals surface area contributed by atoms with Crippen LogP contribution in [0.5, 0.6) is 0 Å². The average Bonchev–Trinajstić information content (AvgIpc) is 2.37. The molecule has 0 saturated carbocycles. The van der Waals surface area contributed by atoms with Gasteiger partial charge in [-0.3, -0.25) is 4.79 Å². The van der Waals surface area contributed by atoms with Crippen LogP contribution in [0.15, 0.2) is 23.9 Å². The number of allylic oxidation sites excluding steroid dienone is 3. The predicted molar refractivity (Wildman–Crippen MR) is 85.3 cm³/mol. The Morgan fingerprint density at radius 1 is 1.25 bits per heavy atom. The summed E-state index contributed by atoms with van der Waals surface area (Å²) in [5.41, 5.74) is 1.26. The largest absolute Gasteiger partial charge is 0.375 e. The van der Waals surface area contributed by atoms with E-state index in [0.717, 1.165) is 24.9 Å². The third kappa shape index (κ3) is 5.81. The molecular weight excluding hydrogens is 248 g/mol. The lowest BCUT2D eigenvalue weighted by atomic mass is 9.86. The van der Waals surface area contributed by atoms with Crippen molar-refractivity contribution in [2.45, 2.75) is 46.5 Å². The first-order valence-corrected chi connectivity index (χ1v) is 7.86. The van der Waals surface area contributed by atoms with Crippen molar-refractivity contribution in [1.29, 1.82) is 0 Å². The Hall–Kier alpha value is -1.25. The van der Waals surface area contributed by atoms with Gasteiger partial charge in [-0.2, -0.15) is 0 Å². The molecule has 0 radical (unpaired) electrons. The highest BCUT2D eigenvalue weighted by Gasteiger charge is 2.17. The Morgan fingerprint density at radius 3 is 2.65 bits per heavy atom. The van der Waals surface area contributed by atoms with Crippen LogP contribution in [0.1, 0.15) is 46.5 Å². The van der Waals surface area contributed by atoms with Gasteiger partial charge < -0.3 is 10.2 Å². The van der Waals surface area contributed by atoms with Gasteiger partial charge in [0.25, 0.3) is 0 Å². The zero-order valence-electron chi connectivity index (χ0n) is 13.5. The monoisotopic (exact) mass is 278 g/mol. The van der Waals surface area contributed by atoms with Crippen LogP contribution in [0.4, 0.5) is 0 Å². The fourth-order valence-corrected chi connectivity index (χ4v) is 2.77. The Morgan fingerprint density at radius 2 is 2.00 bits per heavy atom. The van der Waals surface area contributed by atoms with E-state index >= 15 is 0 Å². The molecule has 1 saturated heterocycles. The summed E-state index contributed by atoms with van der Waals surface area (Å²) in [6.07, 6.45) is 10.7. The van der Waals surface area contributed by atoms with E-state index in [-0.39, 0.29) is 5.91 Å². The topological polar surface area (TPSA) is 32.3 Å². The highest BCUT2D eigenvalue weighted by atomic mass is 16.1. The molecule has 20 heavy (non-hydrogen) atoms. The quantitative estimate of drug-likeness (QED) is 0.632. The molecule has 1 fully saturated rings. The van der Waals surface area contributed by atoms with Gasteiger partial charge in [-0.15, -0.1) is 0 Å². The first-order valence-electron chi connectivity index (χ1n) is 7.86. The van der Waals surface area contributed by atoms with Crippen molar-refractivity contribution < 1.29 is 4.79 Å². The van der Waals surface area contributed by atoms with Gasteiger partial charge in [0.2, 0.25) is 5.91 Å². The molecular formula is C17H30N2O. The van der Waals surface area contributed by atoms with E-state index in [1.807, 2.05) is 12.2 Å². The Balaban J connectivity index is 2.57. The number of amides is 1. The summed E-state index contributed by atoms with van der Waals surface area (Å²) in [6.45, 7) is 9.09. The fraction of sp³-hybridized carbons (Fsp3) is 0.706. The van der Waals surface area contributed by atoms with Crippen LogP contribution >= 0.6 is 0 Å². The summed E-state index contributed by atoms with van der Waals surface area (Å²) < 4.78 is 0. The summed E-state index contributed by atoms with van der Waals surface area (Å²) >= 11 is 0. The molecule has 1 heterocycles. The molecule has 1 atom stereocenters. The average molecular weight is 278 g/mol. The van der Waals surface area contributed by atoms with E-state index < -0.39 is 0 Å². The molecule has 114 valence electrons. The number of nitrogens with zero attached hydrogens (tertiary/aromatic N) is 1. The molecule has 1 unspecified atom stereocenters. The second kappa shape index (κ2) is 8.83. The second-order valence-electron chi connectivity index (χ2n) is 6.06. The number of hydrogen-bond donors (Lipinski definition) is 1. The maximum atomic E-state index is 11.1. The van der Waals surface area contributed by atoms with Gasteiger partial charge in [-0.1, -0.05) is 32.8 Å². The van der Waals surface area contributed by atoms with Crippen molar-refractivity contribution in [2.75, 3.05) is 20.1 Å². The third-order valence-corrected chi connectivity index (χ3v) is 4.30. The molecule has 0 aromatic heterocycles. The van der Waals surface area contributed by atoms with Crippen molar-refractivity contribution in [1.82, 2.24) is 10.2 Å². The number of likely N-dealkylation sites (N-methyl/N-ethyl adjacent to an activating group) is 1. The van der Waals surface area contributed by atoms with Crippen LogP contribution in [-0.2, 0) is 4.79 Å². The first-order chi connectivity index (χ1) is 9.54. The molecule has 3 heteroatoms. The van der Waals surface area contributed by atoms with Gasteiger partial charge in [-0.25, -0.2) is 0 Å². The maximum absolute atomic E-state index is 11.1. The number of nitrogens with one attached hydrogen (secondary N) is 1. The van der Waals surface area contributed by atoms with Crippen LogP contribution in [0.3, 0.4) is 0 Å². The molecule has 1 amide bonds. The number of likely N-dealkylation sites (tertiary alicyclic amines) is 1. The Bertz CT molecular complexity index is 358. The normalized spacial score (nSPS) is 21.9. The van der Waals surface area contributed by atoms with Gasteiger partial charge in [0.1, 0.15) is 0 Å². The van der Waals surface area contributed by atoms with Gasteiger partial charge in [-0.05, 0) is 37.7 Å². The molecule has 1 rings (SSSR count). The van der Waals surface area contributed by atoms with E-state index in [1.165, 1.54) is 31.4 Å². The molecule has 0 aliphatic carbocycles. The minimum atomic E-state index is -0.0541. The second-order valence-corrected chi connectivity index (χ2v) is 6.06. The first kappa shape index (κ1) is 16.8. The molecule has 1 N–H and O–H groups in total. The van der Waals surface area contributed by atoms with E-state index in [4.69, 9.17) is 0 Å². The number of rotatable bonds is 4. The molecule has 1 aliphatic heterocycles. The Kier molecular flexibility index (Phi) is 7.42. The van der Waals surface area contributed by atoms with Crippen LogP contribution < -0.4 is 5.32 Å². The standard InChI is InChI=1S/C17H30N2O/c1-14(2)16-9-5-6-12-19(13-11-16)15(3)8-7-10-17(20)18-4/h7-8,10,14,16H,5-6,9,11-13H2,1-4H3,(H,18,20)/b10-7-,15-8+. The van der Waals surface area contributed by atoms with E-state index in [9.17, 15) is 4.79 Å². The van der Waals surface area contributed by atoms with Crippen LogP contribution in [0.25, 0.3) is 0 Å². The minimum absolute atomic E-state index is 0.0541. The number of carbonyl (C=O) groups excluding carboxylic acids is 1. The SMILES string of the molecule is CNC(=O)/C=C\C=C(/C)N1CCCCC(C(C)C)CC1. The summed E-state index contributed by atoms with van der Waals surface area (Å²) in [6, 6.07) is 0. The van der Waals surface area contributed by atoms with Gasteiger partial charge >= 0.3 is 0 Å². The third-order valence-electron chi connectivity index (χ3n) is 4.30. The van der Waals surface area contributed by atoms with Gasteiger partial charge in [0, 0.05) is 31.9 Å². The Labute approximate surface area is 124 Å². The van der Waals surface area contributed by atoms with Gasteiger partial charge in [0.15, 0.2) is 0 Å². The summed E-state index contributed by atoms with van der Waals surface area (Å²) in [7, 11) is 1.65. The van der Waals surface area contributed by atoms with Crippen LogP contribution in [-0.4, -0.2) is 30.9 Å². The van der Waals surface area contributed by atoms with Crippen molar-refractivity contribution >= 4 is 5.91 Å². The predicted octanol–water partition coefficient (Wildman–Crippen LogP) is 3.34. The van der Waals surface area contributed by atoms with Gasteiger partial charge in [0.05, 0.1) is 0 Å². The molecule has 1 aliphatic rings. The molecule has 0 bridgehead atoms. The van der Waals surface area contributed by atoms with Crippen molar-refractivity contribution in [2.24, 2.45) is 11.8 Å². The number of hydrogen-bond acceptors (Lipinski definition) is 2. The van der Waals surface area contributed by atoms with E-state index in [0.29, 0.717) is 0 Å². The van der Waals surface area contributed by atoms with Crippen molar-refractivity contribution in [3.8, 4) is 0 Å². The van der Waals surface area contributed by atoms with Crippen LogP contribution in [0, 0.1) is 11.8 Å². The van der Waals surface area contributed by atoms with Crippen molar-refractivity contribution in [3.63, 3.8) is 0 Å². The molecule has 0 spiro atoms. The molecule has 0 aromatic rings. The van der Waals surface area contributed by atoms with E-state index in [1.54, 1.807) is 13.1 Å². The highest BCUT2D eigenvalue weighted by Crippen LogP contribution is 2.25. The lowest BCUT2D eigenvalue weighted by Crippen LogP contribution is -2.29. The van der Waals surface area contributed by atoms with E-state index in [2.05, 4.69) is 31.0 Å². The minimum Gasteiger partial charge on any atom is -0.375 e. The number of carbonyl (C=O) groups is 1. The van der Waals surface area contributed by atoms with Crippen molar-refractivity contribution in [3.05, 3.63) is 23.9 Å². The maximum Gasteiger partial charge on any atom is 0.243 e. The molecule has 0 aromatic carbocycles. The lowest BCUT2D eigenvalue weighted by molar-refractivity contribution is -0.116. The zero-order chi connectivity index (χ0) is 15.0. The van der Waals surface area contributed by atoms with Crippen LogP contribution in [0.2, 0.25) is 0 Å².